The first-order chi connectivity index (χ1) is 9.24. The number of carbonyl (C=O) groups excluding carboxylic acids is 1. The molecule has 4 aliphatic rings. The van der Waals surface area contributed by atoms with Crippen molar-refractivity contribution in [1.29, 1.82) is 0 Å². The van der Waals surface area contributed by atoms with E-state index in [1.165, 1.54) is 43.9 Å². The Hall–Kier alpha value is -1.09. The van der Waals surface area contributed by atoms with Gasteiger partial charge in [0.1, 0.15) is 0 Å². The summed E-state index contributed by atoms with van der Waals surface area (Å²) in [5.41, 5.74) is 3.67. The molecule has 2 bridgehead atoms. The number of piperidine rings is 3. The van der Waals surface area contributed by atoms with Crippen molar-refractivity contribution in [1.82, 2.24) is 9.47 Å². The standard InChI is InChI=1S/C16H22N2O/c1-11-9-13-14(3-2-4-16(13)19)18(11)15-10-17-7-5-12(15)6-8-17/h9,12,15H,2-8,10H2,1H3. The van der Waals surface area contributed by atoms with Gasteiger partial charge < -0.3 is 9.47 Å². The normalized spacial score (nSPS) is 33.5. The Morgan fingerprint density at radius 2 is 2.00 bits per heavy atom. The molecule has 1 aromatic heterocycles. The van der Waals surface area contributed by atoms with E-state index in [4.69, 9.17) is 0 Å². The van der Waals surface area contributed by atoms with E-state index in [-0.39, 0.29) is 0 Å². The quantitative estimate of drug-likeness (QED) is 0.773. The highest BCUT2D eigenvalue weighted by Gasteiger charge is 2.37. The highest BCUT2D eigenvalue weighted by atomic mass is 16.1. The van der Waals surface area contributed by atoms with Crippen molar-refractivity contribution in [2.45, 2.75) is 45.1 Å². The first kappa shape index (κ1) is 11.7. The van der Waals surface area contributed by atoms with Gasteiger partial charge in [0.15, 0.2) is 5.78 Å². The van der Waals surface area contributed by atoms with E-state index in [9.17, 15) is 4.79 Å². The van der Waals surface area contributed by atoms with Gasteiger partial charge in [-0.05, 0) is 57.7 Å². The summed E-state index contributed by atoms with van der Waals surface area (Å²) in [5, 5.41) is 0. The topological polar surface area (TPSA) is 25.2 Å². The van der Waals surface area contributed by atoms with Gasteiger partial charge >= 0.3 is 0 Å². The lowest BCUT2D eigenvalue weighted by atomic mass is 9.83. The second-order valence-corrected chi connectivity index (χ2v) is 6.50. The van der Waals surface area contributed by atoms with Crippen LogP contribution >= 0.6 is 0 Å². The number of fused-ring (bicyclic) bond motifs is 4. The summed E-state index contributed by atoms with van der Waals surface area (Å²) in [6.45, 7) is 5.94. The lowest BCUT2D eigenvalue weighted by Gasteiger charge is -2.46. The molecular weight excluding hydrogens is 236 g/mol. The molecule has 1 aromatic rings. The summed E-state index contributed by atoms with van der Waals surface area (Å²) in [4.78, 5) is 14.7. The van der Waals surface area contributed by atoms with Gasteiger partial charge in [-0.15, -0.1) is 0 Å². The summed E-state index contributed by atoms with van der Waals surface area (Å²) >= 11 is 0. The third-order valence-electron chi connectivity index (χ3n) is 5.41. The predicted octanol–water partition coefficient (Wildman–Crippen LogP) is 2.58. The maximum absolute atomic E-state index is 12.1. The van der Waals surface area contributed by atoms with Crippen LogP contribution in [0.1, 0.15) is 53.5 Å². The van der Waals surface area contributed by atoms with Crippen molar-refractivity contribution in [3.8, 4) is 0 Å². The monoisotopic (exact) mass is 258 g/mol. The average molecular weight is 258 g/mol. The van der Waals surface area contributed by atoms with Gasteiger partial charge in [0.25, 0.3) is 0 Å². The molecule has 4 heterocycles. The molecule has 3 fully saturated rings. The van der Waals surface area contributed by atoms with Gasteiger partial charge in [-0.3, -0.25) is 4.79 Å². The van der Waals surface area contributed by atoms with Crippen molar-refractivity contribution in [2.75, 3.05) is 19.6 Å². The molecule has 19 heavy (non-hydrogen) atoms. The van der Waals surface area contributed by atoms with Gasteiger partial charge in [-0.2, -0.15) is 0 Å². The first-order valence-corrected chi connectivity index (χ1v) is 7.70. The molecule has 0 N–H and O–H groups in total. The fourth-order valence-electron chi connectivity index (χ4n) is 4.44. The van der Waals surface area contributed by atoms with Crippen LogP contribution in [0, 0.1) is 12.8 Å². The van der Waals surface area contributed by atoms with Crippen LogP contribution in [0.5, 0.6) is 0 Å². The van der Waals surface area contributed by atoms with Crippen molar-refractivity contribution in [3.05, 3.63) is 23.0 Å². The fourth-order valence-corrected chi connectivity index (χ4v) is 4.44. The SMILES string of the molecule is Cc1cc2c(n1C1CN3CCC1CC3)CCCC2=O. The summed E-state index contributed by atoms with van der Waals surface area (Å²) in [6, 6.07) is 2.77. The molecular formula is C16H22N2O. The number of hydrogen-bond acceptors (Lipinski definition) is 2. The molecule has 3 aliphatic heterocycles. The number of ketones is 1. The molecule has 1 unspecified atom stereocenters. The first-order valence-electron chi connectivity index (χ1n) is 7.70. The number of carbonyl (C=O) groups is 1. The molecule has 3 heteroatoms. The van der Waals surface area contributed by atoms with Crippen LogP contribution in [-0.2, 0) is 6.42 Å². The molecule has 1 aliphatic carbocycles. The smallest absolute Gasteiger partial charge is 0.164 e. The molecule has 1 atom stereocenters. The number of aromatic nitrogens is 1. The highest BCUT2D eigenvalue weighted by Crippen LogP contribution is 2.39. The molecule has 102 valence electrons. The number of rotatable bonds is 1. The van der Waals surface area contributed by atoms with E-state index < -0.39 is 0 Å². The lowest BCUT2D eigenvalue weighted by molar-refractivity contribution is 0.0548. The largest absolute Gasteiger partial charge is 0.344 e. The number of aryl methyl sites for hydroxylation is 1. The zero-order valence-electron chi connectivity index (χ0n) is 11.7. The molecule has 0 aromatic carbocycles. The van der Waals surface area contributed by atoms with Crippen LogP contribution in [0.4, 0.5) is 0 Å². The highest BCUT2D eigenvalue weighted by molar-refractivity contribution is 5.98. The summed E-state index contributed by atoms with van der Waals surface area (Å²) in [6.07, 6.45) is 5.56. The Kier molecular flexibility index (Phi) is 2.59. The van der Waals surface area contributed by atoms with E-state index in [1.54, 1.807) is 0 Å². The molecule has 3 saturated heterocycles. The minimum atomic E-state index is 0.365. The Labute approximate surface area is 114 Å². The third kappa shape index (κ3) is 1.71. The Bertz CT molecular complexity index is 523. The maximum Gasteiger partial charge on any atom is 0.164 e. The molecule has 0 radical (unpaired) electrons. The van der Waals surface area contributed by atoms with Crippen LogP contribution < -0.4 is 0 Å². The second kappa shape index (κ2) is 4.20. The molecule has 3 nitrogen and oxygen atoms in total. The minimum absolute atomic E-state index is 0.365. The van der Waals surface area contributed by atoms with E-state index in [2.05, 4.69) is 22.5 Å². The molecule has 0 spiro atoms. The molecule has 0 saturated carbocycles. The Morgan fingerprint density at radius 1 is 1.21 bits per heavy atom. The summed E-state index contributed by atoms with van der Waals surface area (Å²) < 4.78 is 2.53. The van der Waals surface area contributed by atoms with Gasteiger partial charge in [0.2, 0.25) is 0 Å². The zero-order chi connectivity index (χ0) is 13.0. The summed E-state index contributed by atoms with van der Waals surface area (Å²) in [5.74, 6) is 1.20. The van der Waals surface area contributed by atoms with E-state index >= 15 is 0 Å². The van der Waals surface area contributed by atoms with E-state index in [1.807, 2.05) is 0 Å². The lowest BCUT2D eigenvalue weighted by Crippen LogP contribution is -2.48. The van der Waals surface area contributed by atoms with Crippen molar-refractivity contribution < 1.29 is 4.79 Å². The van der Waals surface area contributed by atoms with Crippen LogP contribution in [0.3, 0.4) is 0 Å². The Morgan fingerprint density at radius 3 is 2.68 bits per heavy atom. The number of nitrogens with zero attached hydrogens (tertiary/aromatic N) is 2. The van der Waals surface area contributed by atoms with E-state index in [0.717, 1.165) is 30.7 Å². The fraction of sp³-hybridized carbons (Fsp3) is 0.688. The van der Waals surface area contributed by atoms with Crippen LogP contribution in [0.15, 0.2) is 6.07 Å². The number of Topliss-reactive ketones (excluding diaryl/α,β-unsaturated/α-hetero) is 1. The van der Waals surface area contributed by atoms with Crippen LogP contribution in [-0.4, -0.2) is 34.9 Å². The van der Waals surface area contributed by atoms with Crippen LogP contribution in [0.25, 0.3) is 0 Å². The van der Waals surface area contributed by atoms with Gasteiger partial charge in [-0.1, -0.05) is 0 Å². The van der Waals surface area contributed by atoms with Gasteiger partial charge in [-0.25, -0.2) is 0 Å². The van der Waals surface area contributed by atoms with Crippen molar-refractivity contribution in [3.63, 3.8) is 0 Å². The second-order valence-electron chi connectivity index (χ2n) is 6.50. The molecule has 5 rings (SSSR count). The average Bonchev–Trinajstić information content (AvgIpc) is 2.78. The van der Waals surface area contributed by atoms with E-state index in [0.29, 0.717) is 11.8 Å². The van der Waals surface area contributed by atoms with Crippen LogP contribution in [0.2, 0.25) is 0 Å². The maximum atomic E-state index is 12.1. The minimum Gasteiger partial charge on any atom is -0.344 e. The predicted molar refractivity (Wildman–Crippen MR) is 74.6 cm³/mol. The van der Waals surface area contributed by atoms with Crippen molar-refractivity contribution >= 4 is 5.78 Å². The number of hydrogen-bond donors (Lipinski definition) is 0. The zero-order valence-corrected chi connectivity index (χ0v) is 11.7. The van der Waals surface area contributed by atoms with Gasteiger partial charge in [0, 0.05) is 36.0 Å². The van der Waals surface area contributed by atoms with Crippen molar-refractivity contribution in [2.24, 2.45) is 5.92 Å². The Balaban J connectivity index is 1.77. The molecule has 0 amide bonds. The third-order valence-corrected chi connectivity index (χ3v) is 5.41. The van der Waals surface area contributed by atoms with Gasteiger partial charge in [0.05, 0.1) is 0 Å². The summed E-state index contributed by atoms with van der Waals surface area (Å²) in [7, 11) is 0.